The van der Waals surface area contributed by atoms with Crippen LogP contribution in [0.2, 0.25) is 0 Å². The Bertz CT molecular complexity index is 1130. The van der Waals surface area contributed by atoms with Crippen molar-refractivity contribution in [3.8, 4) is 0 Å². The Kier molecular flexibility index (Phi) is 12.0. The zero-order valence-corrected chi connectivity index (χ0v) is 31.9. The van der Waals surface area contributed by atoms with Crippen LogP contribution < -0.4 is 22.9 Å². The fraction of sp³-hybridized carbons (Fsp3) is 0.860. The third-order valence-electron chi connectivity index (χ3n) is 15.4. The van der Waals surface area contributed by atoms with Crippen LogP contribution in [0.3, 0.4) is 0 Å². The Morgan fingerprint density at radius 2 is 1.15 bits per heavy atom. The van der Waals surface area contributed by atoms with Crippen molar-refractivity contribution in [2.75, 3.05) is 0 Å². The molecule has 8 N–H and O–H groups in total. The summed E-state index contributed by atoms with van der Waals surface area (Å²) < 4.78 is 0. The maximum atomic E-state index is 6.74. The van der Waals surface area contributed by atoms with Gasteiger partial charge in [-0.3, -0.25) is 0 Å². The summed E-state index contributed by atoms with van der Waals surface area (Å²) in [6.07, 6.45) is 17.3. The van der Waals surface area contributed by atoms with E-state index in [2.05, 4.69) is 73.6 Å². The third-order valence-corrected chi connectivity index (χ3v) is 15.4. The molecule has 0 aromatic heterocycles. The number of hydrogen-bond acceptors (Lipinski definition) is 4. The second-order valence-corrected chi connectivity index (χ2v) is 19.2. The summed E-state index contributed by atoms with van der Waals surface area (Å²) in [6, 6.07) is 9.31. The van der Waals surface area contributed by atoms with Gasteiger partial charge in [0.05, 0.1) is 0 Å². The Morgan fingerprint density at radius 3 is 1.68 bits per heavy atom. The van der Waals surface area contributed by atoms with Crippen molar-refractivity contribution >= 4 is 0 Å². The van der Waals surface area contributed by atoms with Crippen LogP contribution in [0.4, 0.5) is 0 Å². The largest absolute Gasteiger partial charge is 0.328 e. The van der Waals surface area contributed by atoms with E-state index in [0.29, 0.717) is 59.7 Å². The SMILES string of the molecule is CC(CC(C1CCC(N)C(C)C1)C1CC(C)C(N)C(C)C1)c1cc(C(C)(C)C2CCC(N)CC2)ccc1C(C)(C)C1CCC(N)CC1. The monoisotopic (exact) mass is 649 g/mol. The van der Waals surface area contributed by atoms with Crippen LogP contribution in [0.1, 0.15) is 168 Å². The van der Waals surface area contributed by atoms with Crippen LogP contribution in [0.15, 0.2) is 18.2 Å². The molecule has 0 bridgehead atoms. The molecule has 0 aliphatic heterocycles. The molecule has 4 aliphatic rings. The summed E-state index contributed by atoms with van der Waals surface area (Å²) in [5.41, 5.74) is 31.2. The molecule has 4 fully saturated rings. The lowest BCUT2D eigenvalue weighted by Gasteiger charge is -2.47. The highest BCUT2D eigenvalue weighted by atomic mass is 14.7. The molecule has 0 radical (unpaired) electrons. The van der Waals surface area contributed by atoms with Gasteiger partial charge in [-0.15, -0.1) is 0 Å². The van der Waals surface area contributed by atoms with Gasteiger partial charge in [0, 0.05) is 24.2 Å². The first-order valence-electron chi connectivity index (χ1n) is 20.3. The van der Waals surface area contributed by atoms with Crippen molar-refractivity contribution in [3.05, 3.63) is 34.9 Å². The third kappa shape index (κ3) is 8.18. The van der Waals surface area contributed by atoms with Crippen LogP contribution in [0, 0.1) is 47.3 Å². The molecule has 0 heterocycles. The van der Waals surface area contributed by atoms with Gasteiger partial charge in [-0.1, -0.05) is 73.6 Å². The normalized spacial score (nSPS) is 38.9. The smallest absolute Gasteiger partial charge is 0.00905 e. The minimum atomic E-state index is 0.131. The van der Waals surface area contributed by atoms with E-state index in [9.17, 15) is 0 Å². The van der Waals surface area contributed by atoms with E-state index in [1.165, 1.54) is 77.0 Å². The van der Waals surface area contributed by atoms with Gasteiger partial charge in [-0.05, 0) is 171 Å². The Morgan fingerprint density at radius 1 is 0.638 bits per heavy atom. The fourth-order valence-corrected chi connectivity index (χ4v) is 11.5. The second kappa shape index (κ2) is 15.1. The van der Waals surface area contributed by atoms with Gasteiger partial charge in [0.25, 0.3) is 0 Å². The van der Waals surface area contributed by atoms with Crippen molar-refractivity contribution in [1.29, 1.82) is 0 Å². The van der Waals surface area contributed by atoms with Gasteiger partial charge in [0.2, 0.25) is 0 Å². The highest BCUT2D eigenvalue weighted by molar-refractivity contribution is 5.42. The Labute approximate surface area is 290 Å². The number of hydrogen-bond donors (Lipinski definition) is 4. The van der Waals surface area contributed by atoms with E-state index < -0.39 is 0 Å². The predicted molar refractivity (Wildman–Crippen MR) is 202 cm³/mol. The van der Waals surface area contributed by atoms with E-state index in [1.807, 2.05) is 0 Å². The number of benzene rings is 1. The van der Waals surface area contributed by atoms with E-state index in [-0.39, 0.29) is 10.8 Å². The summed E-state index contributed by atoms with van der Waals surface area (Å²) in [7, 11) is 0. The molecule has 5 rings (SSSR count). The summed E-state index contributed by atoms with van der Waals surface area (Å²) in [5.74, 6) is 5.98. The zero-order valence-electron chi connectivity index (χ0n) is 31.9. The van der Waals surface area contributed by atoms with Gasteiger partial charge in [0.15, 0.2) is 0 Å². The molecule has 1 aromatic rings. The first kappa shape index (κ1) is 37.3. The Balaban J connectivity index is 1.51. The van der Waals surface area contributed by atoms with Crippen LogP contribution in [-0.4, -0.2) is 24.2 Å². The van der Waals surface area contributed by atoms with Gasteiger partial charge >= 0.3 is 0 Å². The van der Waals surface area contributed by atoms with Crippen LogP contribution in [0.25, 0.3) is 0 Å². The summed E-state index contributed by atoms with van der Waals surface area (Å²) >= 11 is 0. The molecule has 7 unspecified atom stereocenters. The van der Waals surface area contributed by atoms with Crippen LogP contribution in [-0.2, 0) is 10.8 Å². The lowest BCUT2D eigenvalue weighted by Crippen LogP contribution is -2.45. The molecule has 0 saturated heterocycles. The fourth-order valence-electron chi connectivity index (χ4n) is 11.5. The second-order valence-electron chi connectivity index (χ2n) is 19.2. The molecule has 4 heteroatoms. The molecule has 4 aliphatic carbocycles. The summed E-state index contributed by atoms with van der Waals surface area (Å²) in [6.45, 7) is 20.0. The summed E-state index contributed by atoms with van der Waals surface area (Å²) in [5, 5.41) is 0. The molecular weight excluding hydrogens is 573 g/mol. The van der Waals surface area contributed by atoms with Crippen molar-refractivity contribution in [1.82, 2.24) is 0 Å². The van der Waals surface area contributed by atoms with Gasteiger partial charge < -0.3 is 22.9 Å². The molecule has 4 nitrogen and oxygen atoms in total. The lowest BCUT2D eigenvalue weighted by molar-refractivity contribution is 0.0647. The zero-order chi connectivity index (χ0) is 34.3. The van der Waals surface area contributed by atoms with Crippen LogP contribution >= 0.6 is 0 Å². The van der Waals surface area contributed by atoms with E-state index >= 15 is 0 Å². The topological polar surface area (TPSA) is 104 Å². The molecular formula is C43H76N4. The van der Waals surface area contributed by atoms with Crippen LogP contribution in [0.5, 0.6) is 0 Å². The average molecular weight is 649 g/mol. The van der Waals surface area contributed by atoms with Crippen molar-refractivity contribution in [2.45, 2.75) is 186 Å². The Hall–Kier alpha value is -0.940. The predicted octanol–water partition coefficient (Wildman–Crippen LogP) is 9.16. The molecule has 47 heavy (non-hydrogen) atoms. The summed E-state index contributed by atoms with van der Waals surface area (Å²) in [4.78, 5) is 0. The highest BCUT2D eigenvalue weighted by Crippen LogP contribution is 2.50. The molecule has 4 saturated carbocycles. The minimum absolute atomic E-state index is 0.131. The minimum Gasteiger partial charge on any atom is -0.328 e. The van der Waals surface area contributed by atoms with E-state index in [1.54, 1.807) is 16.7 Å². The molecule has 0 spiro atoms. The lowest BCUT2D eigenvalue weighted by atomic mass is 9.60. The van der Waals surface area contributed by atoms with Crippen molar-refractivity contribution < 1.29 is 0 Å². The molecule has 268 valence electrons. The van der Waals surface area contributed by atoms with Gasteiger partial charge in [0.1, 0.15) is 0 Å². The maximum Gasteiger partial charge on any atom is 0.00905 e. The highest BCUT2D eigenvalue weighted by Gasteiger charge is 2.42. The van der Waals surface area contributed by atoms with Crippen molar-refractivity contribution in [2.24, 2.45) is 70.3 Å². The standard InChI is InChI=1S/C43H76N4/c1-26(24-38(30-9-20-40(46)27(2)21-30)31-22-28(3)41(47)29(4)23-31)37-25-34(42(5,6)32-10-15-35(44)16-11-32)14-19-39(37)43(7,8)33-12-17-36(45)18-13-33/h14,19,25-33,35-36,38,40-41H,9-13,15-18,20-24,44-47H2,1-8H3. The quantitative estimate of drug-likeness (QED) is 0.214. The van der Waals surface area contributed by atoms with Gasteiger partial charge in [-0.2, -0.15) is 0 Å². The maximum absolute atomic E-state index is 6.74. The molecule has 7 atom stereocenters. The van der Waals surface area contributed by atoms with Gasteiger partial charge in [-0.25, -0.2) is 0 Å². The van der Waals surface area contributed by atoms with E-state index in [4.69, 9.17) is 22.9 Å². The molecule has 0 amide bonds. The first-order valence-corrected chi connectivity index (χ1v) is 20.3. The number of nitrogens with two attached hydrogens (primary N) is 4. The van der Waals surface area contributed by atoms with E-state index in [0.717, 1.165) is 30.6 Å². The average Bonchev–Trinajstić information content (AvgIpc) is 3.03. The molecule has 1 aromatic carbocycles. The first-order chi connectivity index (χ1) is 22.1. The number of rotatable bonds is 9. The van der Waals surface area contributed by atoms with Crippen molar-refractivity contribution in [3.63, 3.8) is 0 Å².